The lowest BCUT2D eigenvalue weighted by molar-refractivity contribution is -0.136. The molecule has 0 fully saturated rings. The highest BCUT2D eigenvalue weighted by atomic mass is 16.5. The molecule has 116 valence electrons. The molecule has 0 aliphatic heterocycles. The molecule has 1 amide bonds. The second-order valence-corrected chi connectivity index (χ2v) is 5.93. The van der Waals surface area contributed by atoms with Crippen molar-refractivity contribution >= 4 is 17.6 Å². The summed E-state index contributed by atoms with van der Waals surface area (Å²) < 4.78 is 5.49. The topological polar surface area (TPSA) is 66.8 Å². The number of anilines is 1. The Morgan fingerprint density at radius 3 is 2.24 bits per heavy atom. The summed E-state index contributed by atoms with van der Waals surface area (Å²) in [6.07, 6.45) is -0.102. The van der Waals surface area contributed by atoms with Gasteiger partial charge in [0.1, 0.15) is 6.61 Å². The maximum absolute atomic E-state index is 12.3. The van der Waals surface area contributed by atoms with Gasteiger partial charge in [0, 0.05) is 12.2 Å². The largest absolute Gasteiger partial charge is 0.481 e. The molecule has 0 unspecified atom stereocenters. The van der Waals surface area contributed by atoms with Crippen molar-refractivity contribution in [3.05, 3.63) is 29.8 Å². The summed E-state index contributed by atoms with van der Waals surface area (Å²) in [5.74, 6) is -1.17. The fourth-order valence-corrected chi connectivity index (χ4v) is 1.69. The van der Waals surface area contributed by atoms with Crippen LogP contribution < -0.4 is 4.90 Å². The quantitative estimate of drug-likeness (QED) is 0.875. The van der Waals surface area contributed by atoms with Crippen LogP contribution in [0, 0.1) is 6.92 Å². The van der Waals surface area contributed by atoms with Crippen molar-refractivity contribution in [1.82, 2.24) is 0 Å². The highest BCUT2D eigenvalue weighted by Crippen LogP contribution is 2.17. The van der Waals surface area contributed by atoms with Crippen molar-refractivity contribution in [3.63, 3.8) is 0 Å². The molecule has 21 heavy (non-hydrogen) atoms. The third-order valence-electron chi connectivity index (χ3n) is 2.82. The Labute approximate surface area is 125 Å². The molecule has 5 heteroatoms. The number of ether oxygens (including phenoxy) is 1. The maximum Gasteiger partial charge on any atom is 0.305 e. The Morgan fingerprint density at radius 2 is 1.76 bits per heavy atom. The van der Waals surface area contributed by atoms with Crippen LogP contribution >= 0.6 is 0 Å². The number of carboxylic acids is 1. The molecule has 5 nitrogen and oxygen atoms in total. The molecule has 0 spiro atoms. The van der Waals surface area contributed by atoms with Gasteiger partial charge in [-0.3, -0.25) is 9.59 Å². The number of rotatable bonds is 6. The zero-order valence-electron chi connectivity index (χ0n) is 13.0. The maximum atomic E-state index is 12.3. The fraction of sp³-hybridized carbons (Fsp3) is 0.500. The van der Waals surface area contributed by atoms with E-state index in [1.807, 2.05) is 52.0 Å². The number of carbonyl (C=O) groups is 2. The van der Waals surface area contributed by atoms with Crippen LogP contribution in [0.25, 0.3) is 0 Å². The van der Waals surface area contributed by atoms with Gasteiger partial charge in [-0.2, -0.15) is 0 Å². The molecule has 0 saturated carbocycles. The van der Waals surface area contributed by atoms with Crippen molar-refractivity contribution < 1.29 is 19.4 Å². The third-order valence-corrected chi connectivity index (χ3v) is 2.82. The van der Waals surface area contributed by atoms with Crippen molar-refractivity contribution in [3.8, 4) is 0 Å². The molecule has 1 N–H and O–H groups in total. The first-order chi connectivity index (χ1) is 9.69. The summed E-state index contributed by atoms with van der Waals surface area (Å²) in [6, 6.07) is 7.40. The van der Waals surface area contributed by atoms with E-state index >= 15 is 0 Å². The highest BCUT2D eigenvalue weighted by Gasteiger charge is 2.20. The van der Waals surface area contributed by atoms with Gasteiger partial charge in [-0.15, -0.1) is 0 Å². The summed E-state index contributed by atoms with van der Waals surface area (Å²) in [6.45, 7) is 7.62. The molecule has 1 aromatic carbocycles. The predicted octanol–water partition coefficient (Wildman–Crippen LogP) is 2.62. The van der Waals surface area contributed by atoms with E-state index in [0.717, 1.165) is 5.56 Å². The smallest absolute Gasteiger partial charge is 0.305 e. The average Bonchev–Trinajstić information content (AvgIpc) is 2.37. The molecule has 0 aliphatic carbocycles. The molecule has 0 radical (unpaired) electrons. The second-order valence-electron chi connectivity index (χ2n) is 5.93. The van der Waals surface area contributed by atoms with Gasteiger partial charge in [-0.25, -0.2) is 0 Å². The molecule has 0 heterocycles. The van der Waals surface area contributed by atoms with Crippen LogP contribution in [0.4, 0.5) is 5.69 Å². The number of benzene rings is 1. The Kier molecular flexibility index (Phi) is 5.90. The Balaban J connectivity index is 2.83. The lowest BCUT2D eigenvalue weighted by atomic mass is 10.2. The number of hydrogen-bond acceptors (Lipinski definition) is 3. The lowest BCUT2D eigenvalue weighted by Gasteiger charge is -2.25. The SMILES string of the molecule is Cc1ccc(N(CCC(=O)O)C(=O)COC(C)(C)C)cc1. The fourth-order valence-electron chi connectivity index (χ4n) is 1.69. The highest BCUT2D eigenvalue weighted by molar-refractivity contribution is 5.94. The summed E-state index contributed by atoms with van der Waals surface area (Å²) >= 11 is 0. The molecule has 1 aromatic rings. The summed E-state index contributed by atoms with van der Waals surface area (Å²) in [5.41, 5.74) is 1.35. The zero-order chi connectivity index (χ0) is 16.0. The first-order valence-corrected chi connectivity index (χ1v) is 6.92. The number of carboxylic acid groups (broad SMARTS) is 1. The Morgan fingerprint density at radius 1 is 1.19 bits per heavy atom. The molecule has 0 atom stereocenters. The van der Waals surface area contributed by atoms with Crippen LogP contribution in [0.2, 0.25) is 0 Å². The van der Waals surface area contributed by atoms with E-state index in [0.29, 0.717) is 5.69 Å². The second kappa shape index (κ2) is 7.22. The van der Waals surface area contributed by atoms with Crippen molar-refractivity contribution in [1.29, 1.82) is 0 Å². The van der Waals surface area contributed by atoms with Gasteiger partial charge in [0.05, 0.1) is 12.0 Å². The van der Waals surface area contributed by atoms with Crippen molar-refractivity contribution in [2.75, 3.05) is 18.1 Å². The van der Waals surface area contributed by atoms with Crippen LogP contribution in [-0.4, -0.2) is 35.7 Å². The Hall–Kier alpha value is -1.88. The van der Waals surface area contributed by atoms with Crippen LogP contribution in [0.1, 0.15) is 32.8 Å². The van der Waals surface area contributed by atoms with E-state index in [2.05, 4.69) is 0 Å². The summed E-state index contributed by atoms with van der Waals surface area (Å²) in [7, 11) is 0. The van der Waals surface area contributed by atoms with E-state index in [-0.39, 0.29) is 25.5 Å². The van der Waals surface area contributed by atoms with Gasteiger partial charge >= 0.3 is 5.97 Å². The number of amides is 1. The summed E-state index contributed by atoms with van der Waals surface area (Å²) in [4.78, 5) is 24.5. The van der Waals surface area contributed by atoms with Gasteiger partial charge in [0.15, 0.2) is 0 Å². The van der Waals surface area contributed by atoms with Crippen molar-refractivity contribution in [2.45, 2.75) is 39.7 Å². The van der Waals surface area contributed by atoms with Crippen LogP contribution in [0.3, 0.4) is 0 Å². The molecule has 0 saturated heterocycles. The number of carbonyl (C=O) groups excluding carboxylic acids is 1. The van der Waals surface area contributed by atoms with Gasteiger partial charge < -0.3 is 14.7 Å². The standard InChI is InChI=1S/C16H23NO4/c1-12-5-7-13(8-6-12)17(10-9-15(19)20)14(18)11-21-16(2,3)4/h5-8H,9-11H2,1-4H3,(H,19,20). The van der Waals surface area contributed by atoms with Crippen LogP contribution in [-0.2, 0) is 14.3 Å². The van der Waals surface area contributed by atoms with Crippen LogP contribution in [0.5, 0.6) is 0 Å². The number of aliphatic carboxylic acids is 1. The van der Waals surface area contributed by atoms with E-state index in [1.165, 1.54) is 4.90 Å². The van der Waals surface area contributed by atoms with Gasteiger partial charge in [0.25, 0.3) is 5.91 Å². The van der Waals surface area contributed by atoms with E-state index in [9.17, 15) is 9.59 Å². The van der Waals surface area contributed by atoms with Gasteiger partial charge in [-0.1, -0.05) is 17.7 Å². The first-order valence-electron chi connectivity index (χ1n) is 6.92. The van der Waals surface area contributed by atoms with Gasteiger partial charge in [-0.05, 0) is 39.8 Å². The number of hydrogen-bond donors (Lipinski definition) is 1. The third kappa shape index (κ3) is 6.40. The van der Waals surface area contributed by atoms with E-state index < -0.39 is 11.6 Å². The lowest BCUT2D eigenvalue weighted by Crippen LogP contribution is -2.38. The molecule has 0 aliphatic rings. The molecular weight excluding hydrogens is 270 g/mol. The normalized spacial score (nSPS) is 11.2. The minimum Gasteiger partial charge on any atom is -0.481 e. The first kappa shape index (κ1) is 17.2. The monoisotopic (exact) mass is 293 g/mol. The van der Waals surface area contributed by atoms with Gasteiger partial charge in [0.2, 0.25) is 0 Å². The molecule has 0 bridgehead atoms. The number of nitrogens with zero attached hydrogens (tertiary/aromatic N) is 1. The number of aryl methyl sites for hydroxylation is 1. The predicted molar refractivity (Wildman–Crippen MR) is 81.5 cm³/mol. The van der Waals surface area contributed by atoms with E-state index in [4.69, 9.17) is 9.84 Å². The van der Waals surface area contributed by atoms with Crippen LogP contribution in [0.15, 0.2) is 24.3 Å². The molecular formula is C16H23NO4. The van der Waals surface area contributed by atoms with E-state index in [1.54, 1.807) is 0 Å². The summed E-state index contributed by atoms with van der Waals surface area (Å²) in [5, 5.41) is 8.83. The zero-order valence-corrected chi connectivity index (χ0v) is 13.0. The minimum absolute atomic E-state index is 0.0724. The molecule has 0 aromatic heterocycles. The molecule has 1 rings (SSSR count). The minimum atomic E-state index is -0.934. The van der Waals surface area contributed by atoms with Crippen molar-refractivity contribution in [2.24, 2.45) is 0 Å². The average molecular weight is 293 g/mol. The Bertz CT molecular complexity index is 488.